The Kier molecular flexibility index (Phi) is 8.74. The minimum atomic E-state index is -1.04. The molecule has 0 aromatic heterocycles. The second kappa shape index (κ2) is 12.2. The molecule has 1 aliphatic rings. The molecule has 198 valence electrons. The van der Waals surface area contributed by atoms with Gasteiger partial charge >= 0.3 is 5.97 Å². The van der Waals surface area contributed by atoms with E-state index in [1.54, 1.807) is 18.2 Å². The predicted octanol–water partition coefficient (Wildman–Crippen LogP) is 7.74. The molecule has 1 unspecified atom stereocenters. The van der Waals surface area contributed by atoms with Crippen LogP contribution in [0.25, 0.3) is 10.8 Å². The van der Waals surface area contributed by atoms with E-state index in [4.69, 9.17) is 14.6 Å². The zero-order chi connectivity index (χ0) is 25.8. The summed E-state index contributed by atoms with van der Waals surface area (Å²) in [6.45, 7) is 2.39. The molecule has 0 amide bonds. The summed E-state index contributed by atoms with van der Waals surface area (Å²) >= 11 is 0. The van der Waals surface area contributed by atoms with Crippen LogP contribution in [0.15, 0.2) is 84.9 Å². The molecule has 0 spiro atoms. The average molecular weight is 536 g/mol. The smallest absolute Gasteiger partial charge is 0.341 e. The molecular weight excluding hydrogens is 505 g/mol. The maximum atomic E-state index is 14.8. The number of ether oxygens (including phenoxy) is 2. The quantitative estimate of drug-likeness (QED) is 0.237. The molecule has 5 nitrogen and oxygen atoms in total. The van der Waals surface area contributed by atoms with Crippen molar-refractivity contribution in [3.8, 4) is 11.5 Å². The molecule has 38 heavy (non-hydrogen) atoms. The minimum absolute atomic E-state index is 0. The van der Waals surface area contributed by atoms with Crippen molar-refractivity contribution in [2.75, 3.05) is 18.1 Å². The molecule has 7 heteroatoms. The Morgan fingerprint density at radius 3 is 2.68 bits per heavy atom. The van der Waals surface area contributed by atoms with Crippen molar-refractivity contribution in [3.63, 3.8) is 0 Å². The van der Waals surface area contributed by atoms with Crippen LogP contribution in [0.4, 0.5) is 15.8 Å². The molecule has 0 fully saturated rings. The van der Waals surface area contributed by atoms with E-state index in [0.29, 0.717) is 23.9 Å². The fraction of sp³-hybridized carbons (Fsp3) is 0.258. The van der Waals surface area contributed by atoms with Gasteiger partial charge in [0.2, 0.25) is 0 Å². The number of carboxylic acids is 1. The first-order valence-electron chi connectivity index (χ1n) is 12.6. The highest BCUT2D eigenvalue weighted by Crippen LogP contribution is 2.41. The van der Waals surface area contributed by atoms with Gasteiger partial charge < -0.3 is 19.5 Å². The molecule has 0 aliphatic carbocycles. The lowest BCUT2D eigenvalue weighted by Crippen LogP contribution is -2.37. The highest BCUT2D eigenvalue weighted by Gasteiger charge is 2.29. The Labute approximate surface area is 228 Å². The lowest BCUT2D eigenvalue weighted by atomic mass is 9.90. The molecule has 5 rings (SSSR count). The maximum absolute atomic E-state index is 14.8. The topological polar surface area (TPSA) is 59.0 Å². The third-order valence-corrected chi connectivity index (χ3v) is 6.92. The molecule has 4 aromatic rings. The summed E-state index contributed by atoms with van der Waals surface area (Å²) in [7, 11) is 0. The zero-order valence-electron chi connectivity index (χ0n) is 21.2. The van der Waals surface area contributed by atoms with Gasteiger partial charge in [-0.3, -0.25) is 0 Å². The highest BCUT2D eigenvalue weighted by atomic mass is 35.5. The van der Waals surface area contributed by atoms with Crippen LogP contribution in [0.5, 0.6) is 11.5 Å². The SMILES string of the molecule is C[C@@H](CCCC1CN(c2cccc(OCC(=O)O)c2)c2cccc(F)c2O1)c1cccc2ccccc12.Cl. The molecular formula is C31H31ClFNO4. The molecule has 4 aromatic carbocycles. The number of fused-ring (bicyclic) bond motifs is 2. The van der Waals surface area contributed by atoms with Crippen LogP contribution in [0.2, 0.25) is 0 Å². The highest BCUT2D eigenvalue weighted by molar-refractivity contribution is 5.86. The lowest BCUT2D eigenvalue weighted by molar-refractivity contribution is -0.139. The second-order valence-electron chi connectivity index (χ2n) is 9.52. The predicted molar refractivity (Wildman–Crippen MR) is 151 cm³/mol. The monoisotopic (exact) mass is 535 g/mol. The van der Waals surface area contributed by atoms with Crippen molar-refractivity contribution in [1.82, 2.24) is 0 Å². The Morgan fingerprint density at radius 1 is 1.08 bits per heavy atom. The van der Waals surface area contributed by atoms with Gasteiger partial charge in [0.05, 0.1) is 12.2 Å². The molecule has 0 radical (unpaired) electrons. The summed E-state index contributed by atoms with van der Waals surface area (Å²) in [5.41, 5.74) is 2.79. The normalized spacial score (nSPS) is 15.2. The fourth-order valence-corrected chi connectivity index (χ4v) is 5.10. The van der Waals surface area contributed by atoms with E-state index in [1.165, 1.54) is 22.4 Å². The van der Waals surface area contributed by atoms with Crippen molar-refractivity contribution in [3.05, 3.63) is 96.3 Å². The van der Waals surface area contributed by atoms with Crippen LogP contribution in [0, 0.1) is 5.82 Å². The molecule has 1 N–H and O–H groups in total. The molecule has 0 bridgehead atoms. The molecule has 0 saturated heterocycles. The number of anilines is 2. The first kappa shape index (κ1) is 27.3. The third kappa shape index (κ3) is 6.03. The number of para-hydroxylation sites is 1. The Balaban J connectivity index is 0.00000336. The molecule has 0 saturated carbocycles. The summed E-state index contributed by atoms with van der Waals surface area (Å²) in [6.07, 6.45) is 2.53. The van der Waals surface area contributed by atoms with Crippen LogP contribution < -0.4 is 14.4 Å². The number of nitrogens with zero attached hydrogens (tertiary/aromatic N) is 1. The fourth-order valence-electron chi connectivity index (χ4n) is 5.10. The van der Waals surface area contributed by atoms with Gasteiger partial charge in [-0.2, -0.15) is 0 Å². The number of benzene rings is 4. The first-order chi connectivity index (χ1) is 18.0. The van der Waals surface area contributed by atoms with Gasteiger partial charge in [-0.1, -0.05) is 61.5 Å². The van der Waals surface area contributed by atoms with E-state index >= 15 is 0 Å². The number of carbonyl (C=O) groups is 1. The van der Waals surface area contributed by atoms with E-state index in [1.807, 2.05) is 23.1 Å². The number of carboxylic acid groups (broad SMARTS) is 1. The van der Waals surface area contributed by atoms with Crippen molar-refractivity contribution >= 4 is 40.5 Å². The molecule has 2 atom stereocenters. The van der Waals surface area contributed by atoms with Crippen molar-refractivity contribution in [2.45, 2.75) is 38.2 Å². The van der Waals surface area contributed by atoms with Crippen molar-refractivity contribution < 1.29 is 23.8 Å². The van der Waals surface area contributed by atoms with Gasteiger partial charge in [-0.05, 0) is 65.8 Å². The van der Waals surface area contributed by atoms with E-state index in [-0.39, 0.29) is 24.3 Å². The van der Waals surface area contributed by atoms with Crippen LogP contribution in [0.3, 0.4) is 0 Å². The number of hydrogen-bond acceptors (Lipinski definition) is 4. The van der Waals surface area contributed by atoms with Gasteiger partial charge in [0.1, 0.15) is 11.9 Å². The first-order valence-corrected chi connectivity index (χ1v) is 12.6. The zero-order valence-corrected chi connectivity index (χ0v) is 22.0. The molecule has 1 aliphatic heterocycles. The van der Waals surface area contributed by atoms with Gasteiger partial charge in [0.25, 0.3) is 0 Å². The van der Waals surface area contributed by atoms with Gasteiger partial charge in [-0.25, -0.2) is 9.18 Å². The number of aliphatic carboxylic acids is 1. The number of hydrogen-bond donors (Lipinski definition) is 1. The van der Waals surface area contributed by atoms with Crippen LogP contribution in [-0.2, 0) is 4.79 Å². The summed E-state index contributed by atoms with van der Waals surface area (Å²) in [4.78, 5) is 12.9. The Hall–Kier alpha value is -3.77. The van der Waals surface area contributed by atoms with Gasteiger partial charge in [0.15, 0.2) is 18.2 Å². The van der Waals surface area contributed by atoms with Crippen molar-refractivity contribution in [1.29, 1.82) is 0 Å². The summed E-state index contributed by atoms with van der Waals surface area (Å²) in [5.74, 6) is -0.350. The average Bonchev–Trinajstić information content (AvgIpc) is 2.92. The van der Waals surface area contributed by atoms with Crippen LogP contribution in [-0.4, -0.2) is 30.3 Å². The maximum Gasteiger partial charge on any atom is 0.341 e. The van der Waals surface area contributed by atoms with Gasteiger partial charge in [-0.15, -0.1) is 12.4 Å². The van der Waals surface area contributed by atoms with E-state index in [0.717, 1.165) is 24.9 Å². The molecule has 1 heterocycles. The summed E-state index contributed by atoms with van der Waals surface area (Å²) < 4.78 is 26.3. The van der Waals surface area contributed by atoms with E-state index in [9.17, 15) is 9.18 Å². The third-order valence-electron chi connectivity index (χ3n) is 6.92. The Morgan fingerprint density at radius 2 is 1.84 bits per heavy atom. The van der Waals surface area contributed by atoms with E-state index < -0.39 is 18.4 Å². The van der Waals surface area contributed by atoms with Gasteiger partial charge in [0, 0.05) is 11.8 Å². The standard InChI is InChI=1S/C31H30FNO4.ClH/c1-21(26-15-5-10-22-9-2-3-14-27(22)26)8-4-13-25-19-33(29-17-7-16-28(32)31(29)37-25)23-11-6-12-24(18-23)36-20-30(34)35;/h2-3,5-7,9-12,14-18,21,25H,4,8,13,19-20H2,1H3,(H,34,35);1H/t21-,25?;/m0./s1. The Bertz CT molecular complexity index is 1410. The largest absolute Gasteiger partial charge is 0.483 e. The number of halogens is 2. The summed E-state index contributed by atoms with van der Waals surface area (Å²) in [5, 5.41) is 11.5. The second-order valence-corrected chi connectivity index (χ2v) is 9.52. The summed E-state index contributed by atoms with van der Waals surface area (Å²) in [6, 6.07) is 27.1. The van der Waals surface area contributed by atoms with Crippen LogP contribution >= 0.6 is 12.4 Å². The van der Waals surface area contributed by atoms with Crippen molar-refractivity contribution in [2.24, 2.45) is 0 Å². The minimum Gasteiger partial charge on any atom is -0.483 e. The van der Waals surface area contributed by atoms with Crippen LogP contribution in [0.1, 0.15) is 37.7 Å². The number of rotatable bonds is 9. The lowest BCUT2D eigenvalue weighted by Gasteiger charge is -2.36. The van der Waals surface area contributed by atoms with E-state index in [2.05, 4.69) is 49.4 Å².